The maximum Gasteiger partial charge on any atom is 0.279 e. The number of rotatable bonds is 10. The van der Waals surface area contributed by atoms with E-state index >= 15 is 0 Å². The first-order valence-electron chi connectivity index (χ1n) is 9.47. The van der Waals surface area contributed by atoms with Gasteiger partial charge in [0.25, 0.3) is 11.8 Å². The Hall–Kier alpha value is -3.37. The third-order valence-electron chi connectivity index (χ3n) is 3.94. The molecule has 0 radical (unpaired) electrons. The molecule has 31 heavy (non-hydrogen) atoms. The fraction of sp³-hybridized carbons (Fsp3) is 0.238. The smallest absolute Gasteiger partial charge is 0.279 e. The lowest BCUT2D eigenvalue weighted by molar-refractivity contribution is -0.128. The van der Waals surface area contributed by atoms with Gasteiger partial charge in [-0.05, 0) is 56.3 Å². The summed E-state index contributed by atoms with van der Waals surface area (Å²) in [6, 6.07) is 12.2. The lowest BCUT2D eigenvalue weighted by Gasteiger charge is -2.15. The summed E-state index contributed by atoms with van der Waals surface area (Å²) in [5, 5.41) is 0. The molecule has 0 heterocycles. The molecule has 166 valence electrons. The zero-order chi connectivity index (χ0) is 22.9. The first-order valence-corrected chi connectivity index (χ1v) is 11.0. The van der Waals surface area contributed by atoms with Crippen molar-refractivity contribution in [3.8, 4) is 11.5 Å². The molecule has 2 amide bonds. The average Bonchev–Trinajstić information content (AvgIpc) is 2.77. The molecule has 0 aromatic heterocycles. The molecule has 1 unspecified atom stereocenters. The lowest BCUT2D eigenvalue weighted by atomic mass is 10.2. The number of hydrazine groups is 1. The second kappa shape index (κ2) is 11.1. The van der Waals surface area contributed by atoms with Crippen molar-refractivity contribution in [3.05, 3.63) is 66.7 Å². The van der Waals surface area contributed by atoms with Crippen LogP contribution in [0.5, 0.6) is 11.5 Å². The van der Waals surface area contributed by atoms with E-state index in [-0.39, 0.29) is 17.0 Å². The SMILES string of the molecule is C=CCNS(=O)(=O)c1cccc(C(=O)NNC(=O)C(C)Oc2ccc(OCC)cc2)c1. The Bertz CT molecular complexity index is 1020. The summed E-state index contributed by atoms with van der Waals surface area (Å²) in [6.45, 7) is 7.45. The Labute approximate surface area is 181 Å². The third kappa shape index (κ3) is 7.12. The molecule has 0 bridgehead atoms. The number of carbonyl (C=O) groups is 2. The van der Waals surface area contributed by atoms with Gasteiger partial charge < -0.3 is 9.47 Å². The van der Waals surface area contributed by atoms with E-state index in [4.69, 9.17) is 9.47 Å². The van der Waals surface area contributed by atoms with Crippen LogP contribution < -0.4 is 25.0 Å². The van der Waals surface area contributed by atoms with Crippen LogP contribution in [0.15, 0.2) is 66.1 Å². The predicted molar refractivity (Wildman–Crippen MR) is 115 cm³/mol. The van der Waals surface area contributed by atoms with Gasteiger partial charge >= 0.3 is 0 Å². The van der Waals surface area contributed by atoms with Gasteiger partial charge in [-0.1, -0.05) is 12.1 Å². The molecule has 2 aromatic carbocycles. The van der Waals surface area contributed by atoms with Gasteiger partial charge in [-0.15, -0.1) is 6.58 Å². The van der Waals surface area contributed by atoms with Crippen LogP contribution in [0.4, 0.5) is 0 Å². The highest BCUT2D eigenvalue weighted by Gasteiger charge is 2.18. The van der Waals surface area contributed by atoms with E-state index in [2.05, 4.69) is 22.2 Å². The number of ether oxygens (including phenoxy) is 2. The van der Waals surface area contributed by atoms with Crippen LogP contribution in [0.3, 0.4) is 0 Å². The molecule has 10 heteroatoms. The minimum Gasteiger partial charge on any atom is -0.494 e. The number of sulfonamides is 1. The Morgan fingerprint density at radius 3 is 2.42 bits per heavy atom. The van der Waals surface area contributed by atoms with Crippen LogP contribution >= 0.6 is 0 Å². The second-order valence-electron chi connectivity index (χ2n) is 6.28. The first kappa shape index (κ1) is 23.9. The molecule has 0 aliphatic heterocycles. The lowest BCUT2D eigenvalue weighted by Crippen LogP contribution is -2.47. The van der Waals surface area contributed by atoms with Crippen molar-refractivity contribution in [1.29, 1.82) is 0 Å². The summed E-state index contributed by atoms with van der Waals surface area (Å²) >= 11 is 0. The van der Waals surface area contributed by atoms with Gasteiger partial charge in [0.1, 0.15) is 11.5 Å². The number of amides is 2. The molecule has 2 aromatic rings. The number of carbonyl (C=O) groups excluding carboxylic acids is 2. The molecule has 2 rings (SSSR count). The van der Waals surface area contributed by atoms with Crippen molar-refractivity contribution in [2.45, 2.75) is 24.8 Å². The third-order valence-corrected chi connectivity index (χ3v) is 5.36. The van der Waals surface area contributed by atoms with E-state index in [1.54, 1.807) is 24.3 Å². The first-order chi connectivity index (χ1) is 14.8. The number of nitrogens with one attached hydrogen (secondary N) is 3. The van der Waals surface area contributed by atoms with E-state index in [9.17, 15) is 18.0 Å². The van der Waals surface area contributed by atoms with Crippen molar-refractivity contribution in [2.75, 3.05) is 13.2 Å². The van der Waals surface area contributed by atoms with Crippen LogP contribution in [-0.4, -0.2) is 39.5 Å². The number of hydrogen-bond acceptors (Lipinski definition) is 6. The Balaban J connectivity index is 1.93. The van der Waals surface area contributed by atoms with Crippen LogP contribution in [-0.2, 0) is 14.8 Å². The highest BCUT2D eigenvalue weighted by molar-refractivity contribution is 7.89. The fourth-order valence-electron chi connectivity index (χ4n) is 2.39. The zero-order valence-corrected chi connectivity index (χ0v) is 18.1. The maximum atomic E-state index is 12.3. The van der Waals surface area contributed by atoms with Crippen molar-refractivity contribution in [2.24, 2.45) is 0 Å². The number of benzene rings is 2. The highest BCUT2D eigenvalue weighted by atomic mass is 32.2. The van der Waals surface area contributed by atoms with Crippen molar-refractivity contribution < 1.29 is 27.5 Å². The van der Waals surface area contributed by atoms with Gasteiger partial charge in [0, 0.05) is 12.1 Å². The summed E-state index contributed by atoms with van der Waals surface area (Å²) in [7, 11) is -3.78. The number of hydrogen-bond donors (Lipinski definition) is 3. The highest BCUT2D eigenvalue weighted by Crippen LogP contribution is 2.18. The molecular weight excluding hydrogens is 422 g/mol. The van der Waals surface area contributed by atoms with Crippen LogP contribution in [0.1, 0.15) is 24.2 Å². The Morgan fingerprint density at radius 1 is 1.10 bits per heavy atom. The van der Waals surface area contributed by atoms with Gasteiger partial charge in [-0.25, -0.2) is 13.1 Å². The normalized spacial score (nSPS) is 11.8. The zero-order valence-electron chi connectivity index (χ0n) is 17.3. The fourth-order valence-corrected chi connectivity index (χ4v) is 3.43. The summed E-state index contributed by atoms with van der Waals surface area (Å²) in [6.07, 6.45) is 0.508. The van der Waals surface area contributed by atoms with Crippen LogP contribution in [0, 0.1) is 0 Å². The Morgan fingerprint density at radius 2 is 1.77 bits per heavy atom. The molecule has 0 saturated heterocycles. The van der Waals surface area contributed by atoms with Crippen LogP contribution in [0.25, 0.3) is 0 Å². The Kier molecular flexibility index (Phi) is 8.59. The molecule has 0 aliphatic rings. The van der Waals surface area contributed by atoms with Gasteiger partial charge in [-0.3, -0.25) is 20.4 Å². The van der Waals surface area contributed by atoms with Crippen molar-refractivity contribution in [1.82, 2.24) is 15.6 Å². The molecule has 1 atom stereocenters. The van der Waals surface area contributed by atoms with Gasteiger partial charge in [0.2, 0.25) is 10.0 Å². The molecular formula is C21H25N3O6S. The standard InChI is InChI=1S/C21H25N3O6S/c1-4-13-22-31(27,28)19-8-6-7-16(14-19)21(26)24-23-20(25)15(3)30-18-11-9-17(10-12-18)29-5-2/h4,6-12,14-15,22H,1,5,13H2,2-3H3,(H,23,25)(H,24,26). The molecule has 0 aliphatic carbocycles. The summed E-state index contributed by atoms with van der Waals surface area (Å²) in [4.78, 5) is 24.4. The van der Waals surface area contributed by atoms with Crippen molar-refractivity contribution in [3.63, 3.8) is 0 Å². The van der Waals surface area contributed by atoms with E-state index in [0.717, 1.165) is 0 Å². The van der Waals surface area contributed by atoms with Gasteiger partial charge in [0.15, 0.2) is 6.10 Å². The second-order valence-corrected chi connectivity index (χ2v) is 8.04. The van der Waals surface area contributed by atoms with Crippen molar-refractivity contribution >= 4 is 21.8 Å². The summed E-state index contributed by atoms with van der Waals surface area (Å²) in [5.74, 6) is -0.119. The largest absolute Gasteiger partial charge is 0.494 e. The molecule has 9 nitrogen and oxygen atoms in total. The maximum absolute atomic E-state index is 12.3. The summed E-state index contributed by atoms with van der Waals surface area (Å²) in [5.41, 5.74) is 4.56. The predicted octanol–water partition coefficient (Wildman–Crippen LogP) is 1.78. The molecule has 0 spiro atoms. The molecule has 3 N–H and O–H groups in total. The van der Waals surface area contributed by atoms with Gasteiger partial charge in [0.05, 0.1) is 11.5 Å². The van der Waals surface area contributed by atoms with Gasteiger partial charge in [-0.2, -0.15) is 0 Å². The molecule has 0 saturated carbocycles. The van der Waals surface area contributed by atoms with E-state index < -0.39 is 27.9 Å². The van der Waals surface area contributed by atoms with Crippen LogP contribution in [0.2, 0.25) is 0 Å². The minimum atomic E-state index is -3.78. The topological polar surface area (TPSA) is 123 Å². The quantitative estimate of drug-likeness (QED) is 0.377. The average molecular weight is 448 g/mol. The monoisotopic (exact) mass is 447 g/mol. The molecule has 0 fully saturated rings. The van der Waals surface area contributed by atoms with E-state index in [1.165, 1.54) is 37.3 Å². The minimum absolute atomic E-state index is 0.0566. The van der Waals surface area contributed by atoms with E-state index in [0.29, 0.717) is 18.1 Å². The van der Waals surface area contributed by atoms with E-state index in [1.807, 2.05) is 6.92 Å². The summed E-state index contributed by atoms with van der Waals surface area (Å²) < 4.78 is 37.5.